The lowest BCUT2D eigenvalue weighted by Crippen LogP contribution is -2.51. The van der Waals surface area contributed by atoms with Crippen molar-refractivity contribution in [2.75, 3.05) is 13.1 Å². The van der Waals surface area contributed by atoms with Crippen molar-refractivity contribution in [2.24, 2.45) is 0 Å². The number of piperidine rings is 1. The number of nitrogens with one attached hydrogen (secondary N) is 1. The van der Waals surface area contributed by atoms with Crippen molar-refractivity contribution in [3.05, 3.63) is 81.6 Å². The molecule has 0 bridgehead atoms. The number of ether oxygens (including phenoxy) is 1. The van der Waals surface area contributed by atoms with Crippen molar-refractivity contribution >= 4 is 23.2 Å². The van der Waals surface area contributed by atoms with Crippen LogP contribution in [-0.2, 0) is 21.6 Å². The zero-order chi connectivity index (χ0) is 23.7. The minimum Gasteiger partial charge on any atom is -0.368 e. The fourth-order valence-electron chi connectivity index (χ4n) is 5.43. The van der Waals surface area contributed by atoms with E-state index >= 15 is 0 Å². The summed E-state index contributed by atoms with van der Waals surface area (Å²) in [7, 11) is 0. The number of carbonyl (C=O) groups is 2. The number of nitrogens with zero attached hydrogens (tertiary/aromatic N) is 3. The molecule has 0 saturated carbocycles. The highest BCUT2D eigenvalue weighted by Crippen LogP contribution is 2.52. The summed E-state index contributed by atoms with van der Waals surface area (Å²) in [6.07, 6.45) is 3.01. The van der Waals surface area contributed by atoms with Gasteiger partial charge in [-0.25, -0.2) is 4.98 Å². The number of hydrogen-bond acceptors (Lipinski definition) is 6. The average molecular weight is 477 g/mol. The van der Waals surface area contributed by atoms with Gasteiger partial charge < -0.3 is 15.0 Å². The molecule has 0 radical (unpaired) electrons. The van der Waals surface area contributed by atoms with Gasteiger partial charge in [-0.1, -0.05) is 30.3 Å². The van der Waals surface area contributed by atoms with Crippen molar-refractivity contribution in [1.82, 2.24) is 20.2 Å². The highest BCUT2D eigenvalue weighted by Gasteiger charge is 2.54. The molecular weight excluding hydrogens is 448 g/mol. The Hall–Kier alpha value is -3.10. The SMILES string of the molecule is CC(=O)N[C@@H]1c2ccccc2C2(CCN(C(=O)c3csc(C)n3)CC2)[C@H]1OCc1ccccn1. The summed E-state index contributed by atoms with van der Waals surface area (Å²) in [5.74, 6) is -0.107. The van der Waals surface area contributed by atoms with Gasteiger partial charge in [0.1, 0.15) is 5.69 Å². The Labute approximate surface area is 203 Å². The van der Waals surface area contributed by atoms with Gasteiger partial charge >= 0.3 is 0 Å². The predicted molar refractivity (Wildman–Crippen MR) is 129 cm³/mol. The number of rotatable bonds is 5. The van der Waals surface area contributed by atoms with E-state index in [2.05, 4.69) is 27.4 Å². The van der Waals surface area contributed by atoms with Gasteiger partial charge in [0.15, 0.2) is 0 Å². The summed E-state index contributed by atoms with van der Waals surface area (Å²) >= 11 is 1.49. The topological polar surface area (TPSA) is 84.4 Å². The summed E-state index contributed by atoms with van der Waals surface area (Å²) in [6.45, 7) is 5.03. The van der Waals surface area contributed by atoms with Gasteiger partial charge in [0.05, 0.1) is 29.5 Å². The minimum atomic E-state index is -0.298. The largest absolute Gasteiger partial charge is 0.368 e. The number of carbonyl (C=O) groups excluding carboxylic acids is 2. The molecule has 8 heteroatoms. The number of thiazole rings is 1. The van der Waals surface area contributed by atoms with E-state index in [0.717, 1.165) is 29.1 Å². The molecule has 3 aromatic rings. The summed E-state index contributed by atoms with van der Waals surface area (Å²) < 4.78 is 6.57. The second-order valence-electron chi connectivity index (χ2n) is 9.02. The third-order valence-electron chi connectivity index (χ3n) is 6.96. The van der Waals surface area contributed by atoms with Crippen molar-refractivity contribution in [3.63, 3.8) is 0 Å². The van der Waals surface area contributed by atoms with Gasteiger partial charge in [-0.3, -0.25) is 14.6 Å². The van der Waals surface area contributed by atoms with E-state index in [1.807, 2.05) is 47.5 Å². The third kappa shape index (κ3) is 4.12. The van der Waals surface area contributed by atoms with Crippen LogP contribution in [0.5, 0.6) is 0 Å². The lowest BCUT2D eigenvalue weighted by atomic mass is 9.71. The van der Waals surface area contributed by atoms with Crippen molar-refractivity contribution in [3.8, 4) is 0 Å². The molecule has 2 aliphatic rings. The Bertz CT molecular complexity index is 1190. The van der Waals surface area contributed by atoms with E-state index in [9.17, 15) is 9.59 Å². The Balaban J connectivity index is 1.44. The Morgan fingerprint density at radius 1 is 1.18 bits per heavy atom. The first-order chi connectivity index (χ1) is 16.5. The molecule has 2 amide bonds. The quantitative estimate of drug-likeness (QED) is 0.606. The van der Waals surface area contributed by atoms with Crippen molar-refractivity contribution in [2.45, 2.75) is 50.9 Å². The lowest BCUT2D eigenvalue weighted by molar-refractivity contribution is -0.122. The highest BCUT2D eigenvalue weighted by atomic mass is 32.1. The summed E-state index contributed by atoms with van der Waals surface area (Å²) in [6, 6.07) is 13.8. The predicted octanol–water partition coefficient (Wildman–Crippen LogP) is 3.80. The van der Waals surface area contributed by atoms with Crippen LogP contribution in [0.15, 0.2) is 54.0 Å². The van der Waals surface area contributed by atoms with Gasteiger partial charge in [0.25, 0.3) is 5.91 Å². The van der Waals surface area contributed by atoms with Crippen LogP contribution in [0.4, 0.5) is 0 Å². The average Bonchev–Trinajstić information content (AvgIpc) is 3.39. The zero-order valence-electron chi connectivity index (χ0n) is 19.4. The molecule has 1 aliphatic heterocycles. The molecule has 176 valence electrons. The number of amides is 2. The van der Waals surface area contributed by atoms with Crippen molar-refractivity contribution < 1.29 is 14.3 Å². The number of benzene rings is 1. The van der Waals surface area contributed by atoms with Gasteiger partial charge in [0.2, 0.25) is 5.91 Å². The molecule has 5 rings (SSSR count). The summed E-state index contributed by atoms with van der Waals surface area (Å²) in [5, 5.41) is 5.87. The number of pyridine rings is 1. The Morgan fingerprint density at radius 2 is 1.94 bits per heavy atom. The Morgan fingerprint density at radius 3 is 2.62 bits per heavy atom. The standard InChI is InChI=1S/C26H28N4O3S/c1-17(31)28-23-20-8-3-4-9-21(20)26(24(23)33-15-19-7-5-6-12-27-19)10-13-30(14-11-26)25(32)22-16-34-18(2)29-22/h3-9,12,16,23-24H,10-11,13-15H2,1-2H3,(H,28,31)/t23-,24+/m1/s1. The normalized spacial score (nSPS) is 20.8. The number of hydrogen-bond donors (Lipinski definition) is 1. The highest BCUT2D eigenvalue weighted by molar-refractivity contribution is 7.09. The van der Waals surface area contributed by atoms with E-state index in [-0.39, 0.29) is 29.4 Å². The molecule has 1 saturated heterocycles. The van der Waals surface area contributed by atoms with Crippen LogP contribution in [0, 0.1) is 6.92 Å². The van der Waals surface area contributed by atoms with Gasteiger partial charge in [-0.15, -0.1) is 11.3 Å². The van der Waals surface area contributed by atoms with Crippen molar-refractivity contribution in [1.29, 1.82) is 0 Å². The van der Waals surface area contributed by atoms with Crippen LogP contribution in [0.25, 0.3) is 0 Å². The molecule has 1 aliphatic carbocycles. The molecule has 2 atom stereocenters. The maximum Gasteiger partial charge on any atom is 0.273 e. The van der Waals surface area contributed by atoms with E-state index in [4.69, 9.17) is 4.74 Å². The van der Waals surface area contributed by atoms with E-state index in [1.54, 1.807) is 13.1 Å². The maximum atomic E-state index is 13.0. The third-order valence-corrected chi connectivity index (χ3v) is 7.73. The molecule has 1 N–H and O–H groups in total. The number of likely N-dealkylation sites (tertiary alicyclic amines) is 1. The van der Waals surface area contributed by atoms with E-state index in [0.29, 0.717) is 25.4 Å². The lowest BCUT2D eigenvalue weighted by Gasteiger charge is -2.44. The van der Waals surface area contributed by atoms with Crippen LogP contribution >= 0.6 is 11.3 Å². The summed E-state index contributed by atoms with van der Waals surface area (Å²) in [4.78, 5) is 35.9. The molecule has 34 heavy (non-hydrogen) atoms. The fraction of sp³-hybridized carbons (Fsp3) is 0.385. The van der Waals surface area contributed by atoms with Crippen LogP contribution in [-0.4, -0.2) is 45.9 Å². The molecule has 2 aromatic heterocycles. The molecular formula is C26H28N4O3S. The molecule has 1 aromatic carbocycles. The monoisotopic (exact) mass is 476 g/mol. The van der Waals surface area contributed by atoms with Crippen LogP contribution < -0.4 is 5.32 Å². The van der Waals surface area contributed by atoms with Gasteiger partial charge in [-0.05, 0) is 43.0 Å². The van der Waals surface area contributed by atoms with Crippen LogP contribution in [0.2, 0.25) is 0 Å². The smallest absolute Gasteiger partial charge is 0.273 e. The first-order valence-electron chi connectivity index (χ1n) is 11.6. The number of aromatic nitrogens is 2. The molecule has 0 unspecified atom stereocenters. The van der Waals surface area contributed by atoms with E-state index in [1.165, 1.54) is 16.9 Å². The van der Waals surface area contributed by atoms with Crippen LogP contribution in [0.1, 0.15) is 58.1 Å². The van der Waals surface area contributed by atoms with Gasteiger partial charge in [0, 0.05) is 37.0 Å². The number of fused-ring (bicyclic) bond motifs is 2. The van der Waals surface area contributed by atoms with Crippen LogP contribution in [0.3, 0.4) is 0 Å². The second-order valence-corrected chi connectivity index (χ2v) is 10.1. The molecule has 3 heterocycles. The second kappa shape index (κ2) is 9.27. The molecule has 1 spiro atoms. The molecule has 7 nitrogen and oxygen atoms in total. The first kappa shape index (κ1) is 22.7. The zero-order valence-corrected chi connectivity index (χ0v) is 20.2. The maximum absolute atomic E-state index is 13.0. The number of aryl methyl sites for hydroxylation is 1. The summed E-state index contributed by atoms with van der Waals surface area (Å²) in [5.41, 5.74) is 3.37. The first-order valence-corrected chi connectivity index (χ1v) is 12.5. The molecule has 1 fully saturated rings. The Kier molecular flexibility index (Phi) is 6.18. The fourth-order valence-corrected chi connectivity index (χ4v) is 6.02. The minimum absolute atomic E-state index is 0.0187. The van der Waals surface area contributed by atoms with Gasteiger partial charge in [-0.2, -0.15) is 0 Å². The van der Waals surface area contributed by atoms with E-state index < -0.39 is 0 Å².